The van der Waals surface area contributed by atoms with E-state index in [1.807, 2.05) is 12.1 Å². The Bertz CT molecular complexity index is 1440. The second-order valence-corrected chi connectivity index (χ2v) is 10.1. The number of methoxy groups -OCH3 is 2. The maximum absolute atomic E-state index is 13.4. The van der Waals surface area contributed by atoms with Gasteiger partial charge in [0.15, 0.2) is 16.6 Å². The number of fused-ring (bicyclic) bond motifs is 1. The van der Waals surface area contributed by atoms with Crippen molar-refractivity contribution in [1.82, 2.24) is 19.9 Å². The van der Waals surface area contributed by atoms with E-state index >= 15 is 0 Å². The number of aromatic nitrogens is 3. The molecule has 4 rings (SSSR count). The Balaban J connectivity index is 1.39. The van der Waals surface area contributed by atoms with Gasteiger partial charge >= 0.3 is 0 Å². The summed E-state index contributed by atoms with van der Waals surface area (Å²) in [5.74, 6) is 0.944. The molecule has 1 amide bonds. The topological polar surface area (TPSA) is 131 Å². The number of carbonyl (C=O) groups excluding carboxylic acids is 1. The number of nitrogens with zero attached hydrogens (tertiary/aromatic N) is 4. The molecule has 0 unspecified atom stereocenters. The number of hydrogen-bond donors (Lipinski definition) is 3. The van der Waals surface area contributed by atoms with Crippen LogP contribution in [0.25, 0.3) is 10.9 Å². The summed E-state index contributed by atoms with van der Waals surface area (Å²) in [6, 6.07) is 9.36. The number of benzene rings is 2. The number of nitrogens with one attached hydrogen (secondary N) is 2. The molecule has 3 N–H and O–H groups in total. The first-order valence-electron chi connectivity index (χ1n) is 13.0. The molecular formula is C28H33FN6O5S. The third-order valence-corrected chi connectivity index (χ3v) is 6.96. The fourth-order valence-electron chi connectivity index (χ4n) is 4.08. The second-order valence-electron chi connectivity index (χ2n) is 8.99. The van der Waals surface area contributed by atoms with Crippen molar-refractivity contribution in [1.29, 1.82) is 0 Å². The summed E-state index contributed by atoms with van der Waals surface area (Å²) in [5.41, 5.74) is 1.06. The van der Waals surface area contributed by atoms with Crippen molar-refractivity contribution in [2.75, 3.05) is 64.3 Å². The highest BCUT2D eigenvalue weighted by Gasteiger charge is 2.14. The van der Waals surface area contributed by atoms with E-state index in [1.54, 1.807) is 26.5 Å². The van der Waals surface area contributed by atoms with Gasteiger partial charge < -0.3 is 30.0 Å². The molecule has 13 heteroatoms. The van der Waals surface area contributed by atoms with Crippen LogP contribution in [0.15, 0.2) is 48.9 Å². The molecule has 0 bridgehead atoms. The first-order valence-corrected chi connectivity index (χ1v) is 13.9. The van der Waals surface area contributed by atoms with Crippen LogP contribution in [0.4, 0.5) is 21.0 Å². The molecule has 2 aromatic heterocycles. The number of ether oxygens (including phenoxy) is 3. The highest BCUT2D eigenvalue weighted by Crippen LogP contribution is 2.35. The van der Waals surface area contributed by atoms with Gasteiger partial charge in [-0.05, 0) is 30.7 Å². The minimum absolute atomic E-state index is 0.0906. The SMILES string of the molecule is COCCN(CCO)CCCOc1cc2ncnc(Nc3ncc(CC(=O)Nc4cccc(F)c4)s3)c2cc1OC. The number of halogens is 1. The van der Waals surface area contributed by atoms with Crippen LogP contribution in [0.2, 0.25) is 0 Å². The number of rotatable bonds is 16. The van der Waals surface area contributed by atoms with Crippen LogP contribution in [0.1, 0.15) is 11.3 Å². The van der Waals surface area contributed by atoms with Gasteiger partial charge in [-0.15, -0.1) is 11.3 Å². The first kappa shape index (κ1) is 30.1. The molecule has 41 heavy (non-hydrogen) atoms. The standard InChI is InChI=1S/C28H33FN6O5S/c1-38-12-9-35(8-10-36)7-4-11-40-25-16-23-22(15-24(25)39-2)27(32-18-31-23)34-28-30-17-21(41-28)14-26(37)33-20-6-3-5-19(29)13-20/h3,5-6,13,15-18,36H,4,7-12,14H2,1-2H3,(H,33,37)(H,30,31,32,34). The van der Waals surface area contributed by atoms with Crippen molar-refractivity contribution in [3.05, 3.63) is 59.6 Å². The number of aliphatic hydroxyl groups excluding tert-OH is 1. The van der Waals surface area contributed by atoms with Crippen molar-refractivity contribution >= 4 is 44.8 Å². The lowest BCUT2D eigenvalue weighted by Gasteiger charge is -2.21. The normalized spacial score (nSPS) is 11.1. The van der Waals surface area contributed by atoms with Crippen molar-refractivity contribution in [3.63, 3.8) is 0 Å². The molecule has 2 aromatic carbocycles. The van der Waals surface area contributed by atoms with E-state index in [-0.39, 0.29) is 18.9 Å². The molecule has 0 aliphatic rings. The molecule has 0 radical (unpaired) electrons. The van der Waals surface area contributed by atoms with E-state index in [2.05, 4.69) is 30.5 Å². The molecular weight excluding hydrogens is 551 g/mol. The monoisotopic (exact) mass is 584 g/mol. The Kier molecular flexibility index (Phi) is 11.1. The summed E-state index contributed by atoms with van der Waals surface area (Å²) < 4.78 is 30.1. The van der Waals surface area contributed by atoms with Crippen LogP contribution in [0, 0.1) is 5.82 Å². The largest absolute Gasteiger partial charge is 0.493 e. The van der Waals surface area contributed by atoms with Crippen LogP contribution < -0.4 is 20.1 Å². The maximum atomic E-state index is 13.4. The van der Waals surface area contributed by atoms with Gasteiger partial charge in [0, 0.05) is 55.0 Å². The molecule has 2 heterocycles. The van der Waals surface area contributed by atoms with Gasteiger partial charge in [0.1, 0.15) is 18.0 Å². The number of hydrogen-bond acceptors (Lipinski definition) is 11. The lowest BCUT2D eigenvalue weighted by Crippen LogP contribution is -2.32. The summed E-state index contributed by atoms with van der Waals surface area (Å²) in [6.45, 7) is 3.24. The van der Waals surface area contributed by atoms with Crippen molar-refractivity contribution in [2.45, 2.75) is 12.8 Å². The Morgan fingerprint density at radius 1 is 1.07 bits per heavy atom. The summed E-state index contributed by atoms with van der Waals surface area (Å²) in [4.78, 5) is 28.4. The van der Waals surface area contributed by atoms with Gasteiger partial charge in [-0.3, -0.25) is 9.69 Å². The van der Waals surface area contributed by atoms with Gasteiger partial charge in [-0.2, -0.15) is 0 Å². The van der Waals surface area contributed by atoms with E-state index in [0.29, 0.717) is 58.8 Å². The van der Waals surface area contributed by atoms with Crippen molar-refractivity contribution in [2.24, 2.45) is 0 Å². The minimum Gasteiger partial charge on any atom is -0.493 e. The Hall–Kier alpha value is -3.91. The van der Waals surface area contributed by atoms with Gasteiger partial charge in [0.2, 0.25) is 5.91 Å². The fraction of sp³-hybridized carbons (Fsp3) is 0.357. The van der Waals surface area contributed by atoms with Gasteiger partial charge in [-0.25, -0.2) is 19.3 Å². The average molecular weight is 585 g/mol. The van der Waals surface area contributed by atoms with E-state index in [0.717, 1.165) is 24.4 Å². The molecule has 0 spiro atoms. The number of carbonyl (C=O) groups is 1. The molecule has 11 nitrogen and oxygen atoms in total. The Labute approximate surface area is 241 Å². The van der Waals surface area contributed by atoms with Crippen LogP contribution >= 0.6 is 11.3 Å². The number of amides is 1. The molecule has 0 saturated carbocycles. The lowest BCUT2D eigenvalue weighted by molar-refractivity contribution is -0.115. The molecule has 0 aliphatic carbocycles. The molecule has 218 valence electrons. The quantitative estimate of drug-likeness (QED) is 0.167. The lowest BCUT2D eigenvalue weighted by atomic mass is 10.2. The van der Waals surface area contributed by atoms with E-state index in [9.17, 15) is 14.3 Å². The zero-order chi connectivity index (χ0) is 29.0. The highest BCUT2D eigenvalue weighted by atomic mass is 32.1. The third-order valence-electron chi connectivity index (χ3n) is 6.05. The fourth-order valence-corrected chi connectivity index (χ4v) is 4.89. The zero-order valence-corrected chi connectivity index (χ0v) is 23.7. The molecule has 0 fully saturated rings. The maximum Gasteiger partial charge on any atom is 0.229 e. The van der Waals surface area contributed by atoms with Gasteiger partial charge in [0.25, 0.3) is 0 Å². The zero-order valence-electron chi connectivity index (χ0n) is 22.9. The summed E-state index contributed by atoms with van der Waals surface area (Å²) in [6.07, 6.45) is 3.92. The van der Waals surface area contributed by atoms with Crippen molar-refractivity contribution < 1.29 is 28.5 Å². The summed E-state index contributed by atoms with van der Waals surface area (Å²) in [5, 5.41) is 16.4. The van der Waals surface area contributed by atoms with Crippen LogP contribution in [0.3, 0.4) is 0 Å². The Morgan fingerprint density at radius 2 is 1.95 bits per heavy atom. The van der Waals surface area contributed by atoms with Gasteiger partial charge in [0.05, 0.1) is 38.9 Å². The third kappa shape index (κ3) is 8.79. The van der Waals surface area contributed by atoms with Gasteiger partial charge in [-0.1, -0.05) is 6.07 Å². The van der Waals surface area contributed by atoms with Crippen LogP contribution in [-0.2, 0) is 16.0 Å². The first-order chi connectivity index (χ1) is 20.0. The average Bonchev–Trinajstić information content (AvgIpc) is 3.39. The predicted molar refractivity (Wildman–Crippen MR) is 156 cm³/mol. The van der Waals surface area contributed by atoms with Crippen molar-refractivity contribution in [3.8, 4) is 11.5 Å². The number of thiazole rings is 1. The van der Waals surface area contributed by atoms with E-state index < -0.39 is 5.82 Å². The van der Waals surface area contributed by atoms with Crippen LogP contribution in [0.5, 0.6) is 11.5 Å². The molecule has 0 atom stereocenters. The molecule has 0 saturated heterocycles. The summed E-state index contributed by atoms with van der Waals surface area (Å²) >= 11 is 1.31. The summed E-state index contributed by atoms with van der Waals surface area (Å²) in [7, 11) is 3.23. The van der Waals surface area contributed by atoms with E-state index in [4.69, 9.17) is 14.2 Å². The minimum atomic E-state index is -0.418. The predicted octanol–water partition coefficient (Wildman–Crippen LogP) is 3.87. The van der Waals surface area contributed by atoms with E-state index in [1.165, 1.54) is 35.9 Å². The number of aliphatic hydroxyl groups is 1. The Morgan fingerprint density at radius 3 is 2.73 bits per heavy atom. The molecule has 0 aliphatic heterocycles. The smallest absolute Gasteiger partial charge is 0.229 e. The highest BCUT2D eigenvalue weighted by molar-refractivity contribution is 7.15. The second kappa shape index (κ2) is 15.2. The number of anilines is 3. The van der Waals surface area contributed by atoms with Crippen LogP contribution in [-0.4, -0.2) is 84.5 Å². The molecule has 4 aromatic rings.